The van der Waals surface area contributed by atoms with Crippen LogP contribution in [0.2, 0.25) is 0 Å². The van der Waals surface area contributed by atoms with E-state index >= 15 is 0 Å². The van der Waals surface area contributed by atoms with Crippen molar-refractivity contribution in [1.29, 1.82) is 0 Å². The molecule has 3 aromatic rings. The predicted molar refractivity (Wildman–Crippen MR) is 144 cm³/mol. The van der Waals surface area contributed by atoms with Gasteiger partial charge in [0, 0.05) is 18.5 Å². The Morgan fingerprint density at radius 3 is 2.47 bits per heavy atom. The molecular formula is C30H33NO6S. The van der Waals surface area contributed by atoms with Gasteiger partial charge in [0.15, 0.2) is 6.61 Å². The average Bonchev–Trinajstić information content (AvgIpc) is 2.90. The molecule has 0 N–H and O–H groups in total. The summed E-state index contributed by atoms with van der Waals surface area (Å²) in [4.78, 5) is 11.9. The fraction of sp³-hybridized carbons (Fsp3) is 0.367. The van der Waals surface area contributed by atoms with Crippen LogP contribution in [0.5, 0.6) is 11.5 Å². The highest BCUT2D eigenvalue weighted by Gasteiger charge is 2.47. The van der Waals surface area contributed by atoms with Gasteiger partial charge in [-0.3, -0.25) is 0 Å². The quantitative estimate of drug-likeness (QED) is 0.353. The fourth-order valence-corrected chi connectivity index (χ4v) is 6.94. The largest absolute Gasteiger partial charge is 0.489 e. The highest BCUT2D eigenvalue weighted by molar-refractivity contribution is 7.89. The molecule has 38 heavy (non-hydrogen) atoms. The summed E-state index contributed by atoms with van der Waals surface area (Å²) in [5.74, 6) is 0.727. The Balaban J connectivity index is 1.36. The first-order valence-corrected chi connectivity index (χ1v) is 14.4. The minimum Gasteiger partial charge on any atom is -0.489 e. The van der Waals surface area contributed by atoms with Crippen molar-refractivity contribution in [2.24, 2.45) is 0 Å². The monoisotopic (exact) mass is 535 g/mol. The van der Waals surface area contributed by atoms with Crippen molar-refractivity contribution in [3.8, 4) is 11.5 Å². The molecule has 3 aromatic carbocycles. The van der Waals surface area contributed by atoms with Crippen LogP contribution in [0.15, 0.2) is 71.6 Å². The van der Waals surface area contributed by atoms with Gasteiger partial charge in [0.1, 0.15) is 18.1 Å². The van der Waals surface area contributed by atoms with Crippen LogP contribution < -0.4 is 9.47 Å². The van der Waals surface area contributed by atoms with E-state index in [-0.39, 0.29) is 23.5 Å². The van der Waals surface area contributed by atoms with E-state index in [1.807, 2.05) is 42.5 Å². The summed E-state index contributed by atoms with van der Waals surface area (Å²) < 4.78 is 45.7. The molecule has 0 radical (unpaired) electrons. The van der Waals surface area contributed by atoms with Crippen LogP contribution in [0, 0.1) is 6.92 Å². The molecule has 1 heterocycles. The van der Waals surface area contributed by atoms with Gasteiger partial charge >= 0.3 is 5.97 Å². The Kier molecular flexibility index (Phi) is 7.45. The van der Waals surface area contributed by atoms with Gasteiger partial charge in [-0.1, -0.05) is 42.8 Å². The number of sulfonamides is 1. The Morgan fingerprint density at radius 2 is 1.79 bits per heavy atom. The molecule has 0 bridgehead atoms. The van der Waals surface area contributed by atoms with Crippen LogP contribution in [0.1, 0.15) is 48.4 Å². The van der Waals surface area contributed by atoms with Crippen molar-refractivity contribution >= 4 is 16.0 Å². The number of fused-ring (bicyclic) bond motifs is 2. The third-order valence-corrected chi connectivity index (χ3v) is 9.26. The third kappa shape index (κ3) is 5.28. The molecule has 1 saturated carbocycles. The molecule has 0 aromatic heterocycles. The summed E-state index contributed by atoms with van der Waals surface area (Å²) in [5.41, 5.74) is 3.80. The van der Waals surface area contributed by atoms with Gasteiger partial charge in [-0.25, -0.2) is 13.2 Å². The van der Waals surface area contributed by atoms with Gasteiger partial charge in [-0.05, 0) is 79.3 Å². The smallest absolute Gasteiger partial charge is 0.344 e. The number of carbonyl (C=O) groups excluding carboxylic acids is 1. The van der Waals surface area contributed by atoms with Crippen molar-refractivity contribution in [3.05, 3.63) is 89.0 Å². The van der Waals surface area contributed by atoms with Crippen LogP contribution in [0.3, 0.4) is 0 Å². The van der Waals surface area contributed by atoms with Crippen LogP contribution in [-0.2, 0) is 38.1 Å². The number of hydrogen-bond donors (Lipinski definition) is 0. The lowest BCUT2D eigenvalue weighted by molar-refractivity contribution is -0.145. The van der Waals surface area contributed by atoms with Gasteiger partial charge in [0.05, 0.1) is 11.5 Å². The molecule has 2 aliphatic rings. The van der Waals surface area contributed by atoms with Gasteiger partial charge < -0.3 is 14.2 Å². The standard InChI is InChI=1S/C30H33NO6S/c1-3-35-29(32)20-37-28-13-11-26(16-22(28)2)38(33,34)31-18-24-17-25(36-19-23-8-5-4-6-9-23)10-12-27(24)30(21-31)14-7-15-30/h4-6,8-13,16-17H,3,7,14-15,18-21H2,1-2H3. The first-order valence-electron chi connectivity index (χ1n) is 13.0. The van der Waals surface area contributed by atoms with E-state index in [2.05, 4.69) is 6.07 Å². The number of esters is 1. The Bertz CT molecular complexity index is 1420. The zero-order valence-corrected chi connectivity index (χ0v) is 22.6. The van der Waals surface area contributed by atoms with E-state index < -0.39 is 16.0 Å². The Labute approximate surface area is 224 Å². The Morgan fingerprint density at radius 1 is 1.00 bits per heavy atom. The molecule has 7 nitrogen and oxygen atoms in total. The number of hydrogen-bond acceptors (Lipinski definition) is 6. The number of rotatable bonds is 9. The maximum Gasteiger partial charge on any atom is 0.344 e. The molecule has 0 atom stereocenters. The zero-order chi connectivity index (χ0) is 26.8. The minimum absolute atomic E-state index is 0.156. The molecule has 1 fully saturated rings. The van der Waals surface area contributed by atoms with E-state index in [1.54, 1.807) is 36.4 Å². The van der Waals surface area contributed by atoms with Crippen LogP contribution >= 0.6 is 0 Å². The highest BCUT2D eigenvalue weighted by atomic mass is 32.2. The van der Waals surface area contributed by atoms with Crippen molar-refractivity contribution < 1.29 is 27.4 Å². The molecule has 1 spiro atoms. The van der Waals surface area contributed by atoms with Crippen LogP contribution in [-0.4, -0.2) is 38.5 Å². The van der Waals surface area contributed by atoms with E-state index in [4.69, 9.17) is 14.2 Å². The topological polar surface area (TPSA) is 82.1 Å². The molecule has 8 heteroatoms. The highest BCUT2D eigenvalue weighted by Crippen LogP contribution is 2.49. The van der Waals surface area contributed by atoms with E-state index in [1.165, 1.54) is 5.56 Å². The number of aryl methyl sites for hydroxylation is 1. The first kappa shape index (κ1) is 26.3. The fourth-order valence-electron chi connectivity index (χ4n) is 5.35. The van der Waals surface area contributed by atoms with Crippen LogP contribution in [0.4, 0.5) is 0 Å². The lowest BCUT2D eigenvalue weighted by Crippen LogP contribution is -2.51. The summed E-state index contributed by atoms with van der Waals surface area (Å²) in [6, 6.07) is 20.9. The molecule has 1 aliphatic carbocycles. The summed E-state index contributed by atoms with van der Waals surface area (Å²) >= 11 is 0. The normalized spacial score (nSPS) is 16.4. The van der Waals surface area contributed by atoms with Crippen LogP contribution in [0.25, 0.3) is 0 Å². The lowest BCUT2D eigenvalue weighted by atomic mass is 9.62. The van der Waals surface area contributed by atoms with Gasteiger partial charge in [0.2, 0.25) is 10.0 Å². The molecule has 200 valence electrons. The first-order chi connectivity index (χ1) is 18.3. The van der Waals surface area contributed by atoms with Crippen molar-refractivity contribution in [2.75, 3.05) is 19.8 Å². The molecule has 5 rings (SSSR count). The number of benzene rings is 3. The predicted octanol–water partition coefficient (Wildman–Crippen LogP) is 5.14. The second-order valence-corrected chi connectivity index (χ2v) is 12.0. The van der Waals surface area contributed by atoms with E-state index in [0.717, 1.165) is 36.1 Å². The lowest BCUT2D eigenvalue weighted by Gasteiger charge is -2.49. The average molecular weight is 536 g/mol. The minimum atomic E-state index is -3.75. The van der Waals surface area contributed by atoms with Gasteiger partial charge in [-0.15, -0.1) is 0 Å². The maximum absolute atomic E-state index is 13.8. The molecule has 0 amide bonds. The number of nitrogens with zero attached hydrogens (tertiary/aromatic N) is 1. The second-order valence-electron chi connectivity index (χ2n) is 10.0. The van der Waals surface area contributed by atoms with Crippen molar-refractivity contribution in [3.63, 3.8) is 0 Å². The van der Waals surface area contributed by atoms with E-state index in [9.17, 15) is 13.2 Å². The summed E-state index contributed by atoms with van der Waals surface area (Å²) in [6.45, 7) is 4.77. The van der Waals surface area contributed by atoms with Crippen molar-refractivity contribution in [1.82, 2.24) is 4.31 Å². The molecular weight excluding hydrogens is 502 g/mol. The van der Waals surface area contributed by atoms with E-state index in [0.29, 0.717) is 31.0 Å². The van der Waals surface area contributed by atoms with Crippen molar-refractivity contribution in [2.45, 2.75) is 56.6 Å². The maximum atomic E-state index is 13.8. The number of carbonyl (C=O) groups is 1. The number of ether oxygens (including phenoxy) is 3. The third-order valence-electron chi connectivity index (χ3n) is 7.47. The zero-order valence-electron chi connectivity index (χ0n) is 21.8. The Hall–Kier alpha value is -3.36. The molecule has 0 saturated heterocycles. The molecule has 1 aliphatic heterocycles. The molecule has 0 unspecified atom stereocenters. The van der Waals surface area contributed by atoms with Gasteiger partial charge in [-0.2, -0.15) is 4.31 Å². The summed E-state index contributed by atoms with van der Waals surface area (Å²) in [6.07, 6.45) is 3.02. The SMILES string of the molecule is CCOC(=O)COc1ccc(S(=O)(=O)N2Cc3cc(OCc4ccccc4)ccc3C3(CCC3)C2)cc1C. The van der Waals surface area contributed by atoms with Gasteiger partial charge in [0.25, 0.3) is 0 Å². The second kappa shape index (κ2) is 10.8. The summed E-state index contributed by atoms with van der Waals surface area (Å²) in [7, 11) is -3.75. The summed E-state index contributed by atoms with van der Waals surface area (Å²) in [5, 5.41) is 0.